The molecular formula is C26H48N2O8. The van der Waals surface area contributed by atoms with Crippen molar-refractivity contribution in [2.45, 2.75) is 104 Å². The number of nitrogens with one attached hydrogen (secondary N) is 2. The van der Waals surface area contributed by atoms with E-state index in [-0.39, 0.29) is 39.1 Å². The molecule has 0 aromatic heterocycles. The van der Waals surface area contributed by atoms with Crippen LogP contribution in [0.2, 0.25) is 0 Å². The van der Waals surface area contributed by atoms with E-state index in [0.29, 0.717) is 13.2 Å². The monoisotopic (exact) mass is 516 g/mol. The fourth-order valence-corrected chi connectivity index (χ4v) is 2.92. The first-order valence-electron chi connectivity index (χ1n) is 13.5. The number of hydrogen-bond acceptors (Lipinski definition) is 10. The molecular weight excluding hydrogens is 468 g/mol. The molecule has 210 valence electrons. The van der Waals surface area contributed by atoms with Crippen molar-refractivity contribution in [2.75, 3.05) is 39.5 Å². The molecule has 0 heterocycles. The van der Waals surface area contributed by atoms with Crippen molar-refractivity contribution >= 4 is 23.9 Å². The van der Waals surface area contributed by atoms with E-state index < -0.39 is 36.0 Å². The molecule has 0 aliphatic rings. The van der Waals surface area contributed by atoms with Gasteiger partial charge in [0.15, 0.2) is 0 Å². The molecule has 0 amide bonds. The van der Waals surface area contributed by atoms with Crippen LogP contribution in [0.4, 0.5) is 0 Å². The molecule has 2 unspecified atom stereocenters. The third kappa shape index (κ3) is 18.1. The van der Waals surface area contributed by atoms with Gasteiger partial charge in [-0.25, -0.2) is 0 Å². The number of unbranched alkanes of at least 4 members (excludes halogenated alkanes) is 4. The van der Waals surface area contributed by atoms with Crippen LogP contribution < -0.4 is 10.6 Å². The van der Waals surface area contributed by atoms with E-state index in [1.807, 2.05) is 27.7 Å². The third-order valence-electron chi connectivity index (χ3n) is 5.22. The van der Waals surface area contributed by atoms with Gasteiger partial charge < -0.3 is 29.6 Å². The van der Waals surface area contributed by atoms with Crippen LogP contribution in [0.1, 0.15) is 91.9 Å². The van der Waals surface area contributed by atoms with Gasteiger partial charge in [0.05, 0.1) is 39.3 Å². The number of carbonyl (C=O) groups is 4. The first-order valence-corrected chi connectivity index (χ1v) is 13.5. The van der Waals surface area contributed by atoms with Crippen LogP contribution in [0.15, 0.2) is 0 Å². The Labute approximate surface area is 216 Å². The summed E-state index contributed by atoms with van der Waals surface area (Å²) in [4.78, 5) is 49.3. The maximum Gasteiger partial charge on any atom is 0.323 e. The van der Waals surface area contributed by atoms with E-state index in [2.05, 4.69) is 10.6 Å². The number of ether oxygens (including phenoxy) is 4. The smallest absolute Gasteiger partial charge is 0.323 e. The lowest BCUT2D eigenvalue weighted by Crippen LogP contribution is -2.46. The zero-order chi connectivity index (χ0) is 27.0. The highest BCUT2D eigenvalue weighted by molar-refractivity contribution is 5.83. The molecule has 2 atom stereocenters. The van der Waals surface area contributed by atoms with Crippen molar-refractivity contribution < 1.29 is 38.1 Å². The van der Waals surface area contributed by atoms with Crippen molar-refractivity contribution in [1.82, 2.24) is 10.6 Å². The summed E-state index contributed by atoms with van der Waals surface area (Å²) in [5.41, 5.74) is 0. The SMILES string of the molecule is CCCCOC(=O)CC(NCCNC(CC(=O)OCCCC)C(=O)OCCCC)C(=O)OCCCC. The summed E-state index contributed by atoms with van der Waals surface area (Å²) in [6, 6.07) is -1.74. The Hall–Kier alpha value is -2.20. The highest BCUT2D eigenvalue weighted by Crippen LogP contribution is 2.03. The van der Waals surface area contributed by atoms with Gasteiger partial charge in [-0.3, -0.25) is 19.2 Å². The minimum absolute atomic E-state index is 0.152. The molecule has 2 N–H and O–H groups in total. The van der Waals surface area contributed by atoms with Crippen LogP contribution in [0.3, 0.4) is 0 Å². The molecule has 0 radical (unpaired) electrons. The summed E-state index contributed by atoms with van der Waals surface area (Å²) in [5.74, 6) is -2.00. The Kier molecular flexibility index (Phi) is 21.8. The quantitative estimate of drug-likeness (QED) is 0.119. The average molecular weight is 517 g/mol. The van der Waals surface area contributed by atoms with Gasteiger partial charge in [0.2, 0.25) is 0 Å². The number of rotatable bonds is 23. The van der Waals surface area contributed by atoms with E-state index in [9.17, 15) is 19.2 Å². The van der Waals surface area contributed by atoms with Gasteiger partial charge in [-0.05, 0) is 25.7 Å². The third-order valence-corrected chi connectivity index (χ3v) is 5.22. The lowest BCUT2D eigenvalue weighted by molar-refractivity contribution is -0.153. The second kappa shape index (κ2) is 23.2. The molecule has 0 saturated carbocycles. The summed E-state index contributed by atoms with van der Waals surface area (Å²) in [7, 11) is 0. The highest BCUT2D eigenvalue weighted by Gasteiger charge is 2.26. The Morgan fingerprint density at radius 2 is 0.833 bits per heavy atom. The van der Waals surface area contributed by atoms with E-state index in [1.54, 1.807) is 0 Å². The summed E-state index contributed by atoms with van der Waals surface area (Å²) in [6.45, 7) is 9.65. The Balaban J connectivity index is 4.89. The summed E-state index contributed by atoms with van der Waals surface area (Å²) < 4.78 is 20.9. The molecule has 0 spiro atoms. The zero-order valence-electron chi connectivity index (χ0n) is 22.7. The van der Waals surface area contributed by atoms with Gasteiger partial charge in [-0.1, -0.05) is 53.4 Å². The molecule has 0 saturated heterocycles. The number of carbonyl (C=O) groups excluding carboxylic acids is 4. The number of esters is 4. The molecule has 10 heteroatoms. The molecule has 0 aliphatic carbocycles. The second-order valence-electron chi connectivity index (χ2n) is 8.61. The zero-order valence-corrected chi connectivity index (χ0v) is 22.7. The fourth-order valence-electron chi connectivity index (χ4n) is 2.92. The van der Waals surface area contributed by atoms with Gasteiger partial charge >= 0.3 is 23.9 Å². The van der Waals surface area contributed by atoms with Gasteiger partial charge in [0, 0.05) is 13.1 Å². The topological polar surface area (TPSA) is 129 Å². The standard InChI is InChI=1S/C26H48N2O8/c1-5-9-15-33-23(29)19-21(25(31)35-17-11-7-3)27-13-14-28-22(26(32)36-18-12-8-4)20-24(30)34-16-10-6-2/h21-22,27-28H,5-20H2,1-4H3. The second-order valence-corrected chi connectivity index (χ2v) is 8.61. The van der Waals surface area contributed by atoms with Gasteiger partial charge in [-0.15, -0.1) is 0 Å². The summed E-state index contributed by atoms with van der Waals surface area (Å²) in [5, 5.41) is 6.01. The minimum atomic E-state index is -0.869. The van der Waals surface area contributed by atoms with E-state index in [0.717, 1.165) is 51.4 Å². The fraction of sp³-hybridized carbons (Fsp3) is 0.846. The van der Waals surface area contributed by atoms with Crippen molar-refractivity contribution in [3.8, 4) is 0 Å². The molecule has 0 fully saturated rings. The van der Waals surface area contributed by atoms with Gasteiger partial charge in [-0.2, -0.15) is 0 Å². The normalized spacial score (nSPS) is 12.4. The van der Waals surface area contributed by atoms with Crippen molar-refractivity contribution in [2.24, 2.45) is 0 Å². The predicted molar refractivity (Wildman–Crippen MR) is 136 cm³/mol. The highest BCUT2D eigenvalue weighted by atomic mass is 16.5. The molecule has 0 rings (SSSR count). The summed E-state index contributed by atoms with van der Waals surface area (Å²) >= 11 is 0. The van der Waals surface area contributed by atoms with Crippen LogP contribution in [0.5, 0.6) is 0 Å². The molecule has 10 nitrogen and oxygen atoms in total. The Bertz CT molecular complexity index is 563. The first-order chi connectivity index (χ1) is 17.4. The van der Waals surface area contributed by atoms with Gasteiger partial charge in [0.1, 0.15) is 12.1 Å². The molecule has 0 aromatic carbocycles. The van der Waals surface area contributed by atoms with Crippen molar-refractivity contribution in [3.05, 3.63) is 0 Å². The van der Waals surface area contributed by atoms with Crippen LogP contribution >= 0.6 is 0 Å². The maximum absolute atomic E-state index is 12.5. The molecule has 36 heavy (non-hydrogen) atoms. The lowest BCUT2D eigenvalue weighted by Gasteiger charge is -2.20. The average Bonchev–Trinajstić information content (AvgIpc) is 2.85. The van der Waals surface area contributed by atoms with Crippen LogP contribution in [0.25, 0.3) is 0 Å². The van der Waals surface area contributed by atoms with E-state index in [1.165, 1.54) is 0 Å². The summed E-state index contributed by atoms with van der Waals surface area (Å²) in [6.07, 6.45) is 6.23. The van der Waals surface area contributed by atoms with Crippen molar-refractivity contribution in [1.29, 1.82) is 0 Å². The van der Waals surface area contributed by atoms with Gasteiger partial charge in [0.25, 0.3) is 0 Å². The largest absolute Gasteiger partial charge is 0.466 e. The minimum Gasteiger partial charge on any atom is -0.466 e. The maximum atomic E-state index is 12.5. The molecule has 0 bridgehead atoms. The van der Waals surface area contributed by atoms with Crippen LogP contribution in [0, 0.1) is 0 Å². The van der Waals surface area contributed by atoms with Crippen molar-refractivity contribution in [3.63, 3.8) is 0 Å². The Morgan fingerprint density at radius 3 is 1.14 bits per heavy atom. The van der Waals surface area contributed by atoms with E-state index in [4.69, 9.17) is 18.9 Å². The van der Waals surface area contributed by atoms with Crippen LogP contribution in [-0.2, 0) is 38.1 Å². The predicted octanol–water partition coefficient (Wildman–Crippen LogP) is 3.06. The van der Waals surface area contributed by atoms with Crippen LogP contribution in [-0.4, -0.2) is 75.5 Å². The molecule has 0 aromatic rings. The lowest BCUT2D eigenvalue weighted by atomic mass is 10.2. The molecule has 0 aliphatic heterocycles. The van der Waals surface area contributed by atoms with E-state index >= 15 is 0 Å². The Morgan fingerprint density at radius 1 is 0.528 bits per heavy atom. The number of hydrogen-bond donors (Lipinski definition) is 2. The first kappa shape index (κ1) is 33.8.